The molecule has 0 saturated heterocycles. The third kappa shape index (κ3) is 3.14. The number of rotatable bonds is 4. The Labute approximate surface area is 107 Å². The van der Waals surface area contributed by atoms with E-state index in [0.717, 1.165) is 5.56 Å². The molecule has 2 rings (SSSR count). The van der Waals surface area contributed by atoms with E-state index in [2.05, 4.69) is 24.1 Å². The van der Waals surface area contributed by atoms with E-state index < -0.39 is 0 Å². The van der Waals surface area contributed by atoms with Gasteiger partial charge in [0.15, 0.2) is 0 Å². The van der Waals surface area contributed by atoms with Crippen molar-refractivity contribution < 1.29 is 4.39 Å². The summed E-state index contributed by atoms with van der Waals surface area (Å²) in [5.74, 6) is -0.201. The maximum absolute atomic E-state index is 12.9. The second-order valence-electron chi connectivity index (χ2n) is 4.44. The molecule has 2 atom stereocenters. The molecule has 0 aliphatic carbocycles. The van der Waals surface area contributed by atoms with E-state index in [0.29, 0.717) is 0 Å². The molecule has 0 aliphatic heterocycles. The van der Waals surface area contributed by atoms with Crippen LogP contribution in [0.25, 0.3) is 0 Å². The third-order valence-electron chi connectivity index (χ3n) is 3.08. The largest absolute Gasteiger partial charge is 0.304 e. The van der Waals surface area contributed by atoms with Crippen LogP contribution in [0.3, 0.4) is 0 Å². The van der Waals surface area contributed by atoms with Crippen LogP contribution in [-0.4, -0.2) is 4.98 Å². The van der Waals surface area contributed by atoms with Crippen molar-refractivity contribution in [2.45, 2.75) is 25.9 Å². The van der Waals surface area contributed by atoms with Crippen LogP contribution in [0.5, 0.6) is 0 Å². The first kappa shape index (κ1) is 12.7. The van der Waals surface area contributed by atoms with Crippen molar-refractivity contribution in [2.75, 3.05) is 0 Å². The summed E-state index contributed by atoms with van der Waals surface area (Å²) in [6, 6.07) is 11.0. The van der Waals surface area contributed by atoms with Crippen LogP contribution >= 0.6 is 0 Å². The van der Waals surface area contributed by atoms with E-state index in [-0.39, 0.29) is 17.9 Å². The Morgan fingerprint density at radius 3 is 1.94 bits per heavy atom. The van der Waals surface area contributed by atoms with Crippen LogP contribution in [0.2, 0.25) is 0 Å². The molecule has 2 nitrogen and oxygen atoms in total. The minimum atomic E-state index is -0.201. The number of benzene rings is 1. The van der Waals surface area contributed by atoms with Crippen LogP contribution in [0.1, 0.15) is 37.1 Å². The third-order valence-corrected chi connectivity index (χ3v) is 3.08. The maximum atomic E-state index is 12.9. The molecule has 1 aromatic heterocycles. The minimum absolute atomic E-state index is 0.175. The second-order valence-corrected chi connectivity index (χ2v) is 4.44. The molecule has 1 aromatic carbocycles. The lowest BCUT2D eigenvalue weighted by molar-refractivity contribution is 0.493. The van der Waals surface area contributed by atoms with Gasteiger partial charge in [0.2, 0.25) is 0 Å². The van der Waals surface area contributed by atoms with Gasteiger partial charge in [0.25, 0.3) is 0 Å². The fourth-order valence-corrected chi connectivity index (χ4v) is 1.97. The van der Waals surface area contributed by atoms with E-state index in [9.17, 15) is 4.39 Å². The molecule has 1 N–H and O–H groups in total. The van der Waals surface area contributed by atoms with Gasteiger partial charge in [-0.05, 0) is 49.2 Å². The van der Waals surface area contributed by atoms with Crippen molar-refractivity contribution >= 4 is 0 Å². The zero-order valence-corrected chi connectivity index (χ0v) is 10.6. The molecule has 94 valence electrons. The molecule has 0 amide bonds. The van der Waals surface area contributed by atoms with Gasteiger partial charge in [-0.3, -0.25) is 4.98 Å². The Morgan fingerprint density at radius 1 is 0.889 bits per heavy atom. The van der Waals surface area contributed by atoms with Crippen molar-refractivity contribution in [2.24, 2.45) is 0 Å². The summed E-state index contributed by atoms with van der Waals surface area (Å²) in [7, 11) is 0. The molecule has 2 unspecified atom stereocenters. The SMILES string of the molecule is CC(NC(C)c1ccc(F)cc1)c1ccncc1. The van der Waals surface area contributed by atoms with E-state index in [1.54, 1.807) is 12.4 Å². The topological polar surface area (TPSA) is 24.9 Å². The molecule has 0 saturated carbocycles. The zero-order chi connectivity index (χ0) is 13.0. The standard InChI is InChI=1S/C15H17FN2/c1-11(13-3-5-15(16)6-4-13)18-12(2)14-7-9-17-10-8-14/h3-12,18H,1-2H3. The Kier molecular flexibility index (Phi) is 4.05. The highest BCUT2D eigenvalue weighted by Gasteiger charge is 2.10. The number of aromatic nitrogens is 1. The van der Waals surface area contributed by atoms with Gasteiger partial charge in [-0.2, -0.15) is 0 Å². The number of halogens is 1. The number of pyridine rings is 1. The predicted molar refractivity (Wildman–Crippen MR) is 70.6 cm³/mol. The van der Waals surface area contributed by atoms with Gasteiger partial charge in [0.05, 0.1) is 0 Å². The normalized spacial score (nSPS) is 14.2. The van der Waals surface area contributed by atoms with E-state index in [1.807, 2.05) is 24.3 Å². The van der Waals surface area contributed by atoms with Crippen LogP contribution in [0, 0.1) is 5.82 Å². The summed E-state index contributed by atoms with van der Waals surface area (Å²) < 4.78 is 12.9. The summed E-state index contributed by atoms with van der Waals surface area (Å²) in [5, 5.41) is 3.48. The Bertz CT molecular complexity index is 482. The Balaban J connectivity index is 2.03. The first-order valence-corrected chi connectivity index (χ1v) is 6.08. The van der Waals surface area contributed by atoms with Gasteiger partial charge >= 0.3 is 0 Å². The first-order valence-electron chi connectivity index (χ1n) is 6.08. The lowest BCUT2D eigenvalue weighted by Gasteiger charge is -2.20. The monoisotopic (exact) mass is 244 g/mol. The predicted octanol–water partition coefficient (Wildman–Crippen LogP) is 3.63. The molecule has 18 heavy (non-hydrogen) atoms. The molecular formula is C15H17FN2. The summed E-state index contributed by atoms with van der Waals surface area (Å²) in [4.78, 5) is 4.01. The smallest absolute Gasteiger partial charge is 0.123 e. The maximum Gasteiger partial charge on any atom is 0.123 e. The van der Waals surface area contributed by atoms with Gasteiger partial charge in [-0.25, -0.2) is 4.39 Å². The average molecular weight is 244 g/mol. The van der Waals surface area contributed by atoms with Gasteiger partial charge in [0.1, 0.15) is 5.82 Å². The summed E-state index contributed by atoms with van der Waals surface area (Å²) in [6.07, 6.45) is 3.58. The highest BCUT2D eigenvalue weighted by Crippen LogP contribution is 2.19. The second kappa shape index (κ2) is 5.74. The molecule has 0 aliphatic rings. The summed E-state index contributed by atoms with van der Waals surface area (Å²) in [5.41, 5.74) is 2.27. The van der Waals surface area contributed by atoms with Gasteiger partial charge in [-0.15, -0.1) is 0 Å². The number of hydrogen-bond acceptors (Lipinski definition) is 2. The van der Waals surface area contributed by atoms with Crippen molar-refractivity contribution in [3.05, 3.63) is 65.7 Å². The van der Waals surface area contributed by atoms with E-state index in [4.69, 9.17) is 0 Å². The van der Waals surface area contributed by atoms with Gasteiger partial charge in [0, 0.05) is 24.5 Å². The number of hydrogen-bond donors (Lipinski definition) is 1. The highest BCUT2D eigenvalue weighted by atomic mass is 19.1. The molecule has 1 heterocycles. The molecule has 0 spiro atoms. The summed E-state index contributed by atoms with van der Waals surface area (Å²) in [6.45, 7) is 4.18. The fourth-order valence-electron chi connectivity index (χ4n) is 1.97. The van der Waals surface area contributed by atoms with Crippen LogP contribution in [0.15, 0.2) is 48.8 Å². The van der Waals surface area contributed by atoms with E-state index >= 15 is 0 Å². The molecule has 0 bridgehead atoms. The lowest BCUT2D eigenvalue weighted by Crippen LogP contribution is -2.22. The van der Waals surface area contributed by atoms with Gasteiger partial charge in [-0.1, -0.05) is 12.1 Å². The van der Waals surface area contributed by atoms with Crippen molar-refractivity contribution in [3.63, 3.8) is 0 Å². The van der Waals surface area contributed by atoms with E-state index in [1.165, 1.54) is 17.7 Å². The van der Waals surface area contributed by atoms with Gasteiger partial charge < -0.3 is 5.32 Å². The fraction of sp³-hybridized carbons (Fsp3) is 0.267. The zero-order valence-electron chi connectivity index (χ0n) is 10.6. The van der Waals surface area contributed by atoms with Crippen molar-refractivity contribution in [3.8, 4) is 0 Å². The molecule has 3 heteroatoms. The van der Waals surface area contributed by atoms with Crippen LogP contribution in [0.4, 0.5) is 4.39 Å². The van der Waals surface area contributed by atoms with Crippen molar-refractivity contribution in [1.82, 2.24) is 10.3 Å². The van der Waals surface area contributed by atoms with Crippen molar-refractivity contribution in [1.29, 1.82) is 0 Å². The average Bonchev–Trinajstić information content (AvgIpc) is 2.40. The number of nitrogens with one attached hydrogen (secondary N) is 1. The first-order chi connectivity index (χ1) is 8.66. The molecule has 2 aromatic rings. The number of nitrogens with zero attached hydrogens (tertiary/aromatic N) is 1. The highest BCUT2D eigenvalue weighted by molar-refractivity contribution is 5.21. The molecule has 0 radical (unpaired) electrons. The summed E-state index contributed by atoms with van der Waals surface area (Å²) >= 11 is 0. The van der Waals surface area contributed by atoms with Crippen LogP contribution < -0.4 is 5.32 Å². The minimum Gasteiger partial charge on any atom is -0.304 e. The molecule has 0 fully saturated rings. The molecular weight excluding hydrogens is 227 g/mol. The lowest BCUT2D eigenvalue weighted by atomic mass is 10.1. The quantitative estimate of drug-likeness (QED) is 0.888. The Morgan fingerprint density at radius 2 is 1.39 bits per heavy atom. The van der Waals surface area contributed by atoms with Crippen LogP contribution in [-0.2, 0) is 0 Å². The Hall–Kier alpha value is -1.74.